The lowest BCUT2D eigenvalue weighted by Crippen LogP contribution is -2.32. The van der Waals surface area contributed by atoms with Crippen LogP contribution in [0.4, 0.5) is 9.52 Å². The topological polar surface area (TPSA) is 91.0 Å². The molecule has 32 heavy (non-hydrogen) atoms. The van der Waals surface area contributed by atoms with Gasteiger partial charge in [0.1, 0.15) is 5.82 Å². The van der Waals surface area contributed by atoms with Gasteiger partial charge in [-0.3, -0.25) is 9.59 Å². The summed E-state index contributed by atoms with van der Waals surface area (Å²) in [7, 11) is 0. The number of hydrogen-bond acceptors (Lipinski definition) is 6. The van der Waals surface area contributed by atoms with Gasteiger partial charge in [0, 0.05) is 42.5 Å². The van der Waals surface area contributed by atoms with Gasteiger partial charge in [0.15, 0.2) is 5.13 Å². The first-order chi connectivity index (χ1) is 15.6. The summed E-state index contributed by atoms with van der Waals surface area (Å²) in [5, 5.41) is 14.0. The molecule has 0 radical (unpaired) electrons. The van der Waals surface area contributed by atoms with E-state index in [0.29, 0.717) is 30.6 Å². The van der Waals surface area contributed by atoms with Crippen molar-refractivity contribution >= 4 is 33.1 Å². The number of carbonyl (C=O) groups is 1. The first kappa shape index (κ1) is 20.3. The lowest BCUT2D eigenvalue weighted by molar-refractivity contribution is 0.0787. The number of H-pyrrole nitrogens is 1. The molecular weight excluding hydrogens is 429 g/mol. The van der Waals surface area contributed by atoms with Crippen molar-refractivity contribution in [1.29, 1.82) is 0 Å². The van der Waals surface area contributed by atoms with Crippen LogP contribution in [0, 0.1) is 5.82 Å². The Labute approximate surface area is 186 Å². The third-order valence-electron chi connectivity index (χ3n) is 5.64. The van der Waals surface area contributed by atoms with Crippen LogP contribution in [0.5, 0.6) is 0 Å². The smallest absolute Gasteiger partial charge is 0.272 e. The van der Waals surface area contributed by atoms with Gasteiger partial charge in [0.05, 0.1) is 16.6 Å². The Hall–Kier alpha value is -3.59. The molecule has 2 aromatic heterocycles. The van der Waals surface area contributed by atoms with Gasteiger partial charge < -0.3 is 10.2 Å². The lowest BCUT2D eigenvalue weighted by Gasteiger charge is -2.18. The molecule has 2 aromatic carbocycles. The van der Waals surface area contributed by atoms with Crippen LogP contribution in [0.3, 0.4) is 0 Å². The number of likely N-dealkylation sites (tertiary alicyclic amines) is 1. The van der Waals surface area contributed by atoms with Gasteiger partial charge >= 0.3 is 0 Å². The molecule has 0 spiro atoms. The number of rotatable bonds is 5. The standard InChI is InChI=1S/C23H20FN5O2S/c24-19-6-5-14(12-20-16-3-1-2-4-17(16)21(30)28-27-20)11-18(19)22(31)29-9-7-15(13-29)26-23-25-8-10-32-23/h1-6,8,10-11,15H,7,9,12-13H2,(H,25,26)(H,28,30). The van der Waals surface area contributed by atoms with Gasteiger partial charge in [-0.2, -0.15) is 5.10 Å². The van der Waals surface area contributed by atoms with Crippen LogP contribution in [-0.4, -0.2) is 45.1 Å². The summed E-state index contributed by atoms with van der Waals surface area (Å²) in [6.07, 6.45) is 2.87. The zero-order chi connectivity index (χ0) is 22.1. The van der Waals surface area contributed by atoms with Crippen LogP contribution in [0.25, 0.3) is 10.8 Å². The van der Waals surface area contributed by atoms with Gasteiger partial charge in [0.2, 0.25) is 0 Å². The molecule has 4 aromatic rings. The van der Waals surface area contributed by atoms with Crippen LogP contribution in [0.1, 0.15) is 28.0 Å². The van der Waals surface area contributed by atoms with Crippen molar-refractivity contribution in [3.8, 4) is 0 Å². The average molecular weight is 450 g/mol. The van der Waals surface area contributed by atoms with Crippen LogP contribution >= 0.6 is 11.3 Å². The normalized spacial score (nSPS) is 15.9. The highest BCUT2D eigenvalue weighted by Crippen LogP contribution is 2.22. The van der Waals surface area contributed by atoms with Crippen LogP contribution in [0.2, 0.25) is 0 Å². The van der Waals surface area contributed by atoms with Crippen LogP contribution < -0.4 is 10.9 Å². The minimum absolute atomic E-state index is 0.0473. The fraction of sp³-hybridized carbons (Fsp3) is 0.217. The van der Waals surface area contributed by atoms with E-state index in [2.05, 4.69) is 20.5 Å². The number of carbonyl (C=O) groups excluding carboxylic acids is 1. The highest BCUT2D eigenvalue weighted by atomic mass is 32.1. The molecule has 3 heterocycles. The Bertz CT molecular complexity index is 1340. The Balaban J connectivity index is 1.36. The van der Waals surface area contributed by atoms with E-state index in [4.69, 9.17) is 0 Å². The van der Waals surface area contributed by atoms with E-state index in [1.807, 2.05) is 17.5 Å². The first-order valence-corrected chi connectivity index (χ1v) is 11.2. The maximum atomic E-state index is 14.6. The number of amides is 1. The summed E-state index contributed by atoms with van der Waals surface area (Å²) < 4.78 is 14.6. The molecule has 7 nitrogen and oxygen atoms in total. The number of anilines is 1. The molecule has 1 unspecified atom stereocenters. The number of benzene rings is 2. The number of nitrogens with one attached hydrogen (secondary N) is 2. The zero-order valence-corrected chi connectivity index (χ0v) is 17.9. The molecule has 9 heteroatoms. The van der Waals surface area contributed by atoms with Crippen molar-refractivity contribution < 1.29 is 9.18 Å². The van der Waals surface area contributed by atoms with Gasteiger partial charge in [0.25, 0.3) is 11.5 Å². The van der Waals surface area contributed by atoms with E-state index < -0.39 is 5.82 Å². The van der Waals surface area contributed by atoms with Gasteiger partial charge in [-0.1, -0.05) is 24.3 Å². The molecule has 1 saturated heterocycles. The summed E-state index contributed by atoms with van der Waals surface area (Å²) >= 11 is 1.51. The number of hydrogen-bond donors (Lipinski definition) is 2. The van der Waals surface area contributed by atoms with Crippen molar-refractivity contribution in [2.75, 3.05) is 18.4 Å². The highest BCUT2D eigenvalue weighted by molar-refractivity contribution is 7.13. The van der Waals surface area contributed by atoms with E-state index in [0.717, 1.165) is 22.5 Å². The highest BCUT2D eigenvalue weighted by Gasteiger charge is 2.29. The maximum Gasteiger partial charge on any atom is 0.272 e. The number of thiazole rings is 1. The predicted octanol–water partition coefficient (Wildman–Crippen LogP) is 3.44. The minimum atomic E-state index is -0.547. The molecule has 2 N–H and O–H groups in total. The van der Waals surface area contributed by atoms with E-state index in [-0.39, 0.29) is 23.1 Å². The third-order valence-corrected chi connectivity index (χ3v) is 6.35. The summed E-state index contributed by atoms with van der Waals surface area (Å²) in [6, 6.07) is 11.8. The van der Waals surface area contributed by atoms with Crippen LogP contribution in [-0.2, 0) is 6.42 Å². The predicted molar refractivity (Wildman–Crippen MR) is 122 cm³/mol. The number of nitrogens with zero attached hydrogens (tertiary/aromatic N) is 3. The molecule has 0 saturated carbocycles. The fourth-order valence-electron chi connectivity index (χ4n) is 4.05. The molecule has 1 atom stereocenters. The second-order valence-corrected chi connectivity index (χ2v) is 8.65. The van der Waals surface area contributed by atoms with Crippen molar-refractivity contribution in [3.63, 3.8) is 0 Å². The summed E-state index contributed by atoms with van der Waals surface area (Å²) in [4.78, 5) is 31.0. The molecular formula is C23H20FN5O2S. The average Bonchev–Trinajstić information content (AvgIpc) is 3.49. The Morgan fingerprint density at radius 2 is 2.09 bits per heavy atom. The number of aromatic amines is 1. The van der Waals surface area contributed by atoms with Crippen molar-refractivity contribution in [3.05, 3.63) is 87.0 Å². The van der Waals surface area contributed by atoms with E-state index in [9.17, 15) is 14.0 Å². The first-order valence-electron chi connectivity index (χ1n) is 10.3. The molecule has 0 bridgehead atoms. The van der Waals surface area contributed by atoms with Crippen molar-refractivity contribution in [2.45, 2.75) is 18.9 Å². The van der Waals surface area contributed by atoms with Gasteiger partial charge in [-0.15, -0.1) is 11.3 Å². The van der Waals surface area contributed by atoms with E-state index in [1.165, 1.54) is 17.4 Å². The van der Waals surface area contributed by atoms with Crippen molar-refractivity contribution in [1.82, 2.24) is 20.1 Å². The molecule has 1 fully saturated rings. The van der Waals surface area contributed by atoms with Crippen molar-refractivity contribution in [2.24, 2.45) is 0 Å². The van der Waals surface area contributed by atoms with E-state index >= 15 is 0 Å². The molecule has 1 aliphatic rings. The van der Waals surface area contributed by atoms with Gasteiger partial charge in [-0.05, 0) is 30.2 Å². The molecule has 1 amide bonds. The summed E-state index contributed by atoms with van der Waals surface area (Å²) in [5.41, 5.74) is 1.20. The molecule has 1 aliphatic heterocycles. The Morgan fingerprint density at radius 1 is 1.25 bits per heavy atom. The second-order valence-electron chi connectivity index (χ2n) is 7.75. The lowest BCUT2D eigenvalue weighted by atomic mass is 10.0. The zero-order valence-electron chi connectivity index (χ0n) is 17.0. The van der Waals surface area contributed by atoms with Gasteiger partial charge in [-0.25, -0.2) is 14.5 Å². The summed E-state index contributed by atoms with van der Waals surface area (Å²) in [6.45, 7) is 1.05. The third kappa shape index (κ3) is 3.99. The monoisotopic (exact) mass is 449 g/mol. The molecule has 162 valence electrons. The van der Waals surface area contributed by atoms with Crippen LogP contribution in [0.15, 0.2) is 58.8 Å². The molecule has 5 rings (SSSR count). The van der Waals surface area contributed by atoms with E-state index in [1.54, 1.807) is 35.4 Å². The number of halogens is 1. The Kier molecular flexibility index (Phi) is 5.40. The SMILES string of the molecule is O=C(c1cc(Cc2n[nH]c(=O)c3ccccc23)ccc1F)N1CCC(Nc2nccs2)C1. The fourth-order valence-corrected chi connectivity index (χ4v) is 4.66. The second kappa shape index (κ2) is 8.51. The largest absolute Gasteiger partial charge is 0.357 e. The Morgan fingerprint density at radius 3 is 2.91 bits per heavy atom. The quantitative estimate of drug-likeness (QED) is 0.487. The summed E-state index contributed by atoms with van der Waals surface area (Å²) in [5.74, 6) is -0.874. The maximum absolute atomic E-state index is 14.6. The molecule has 0 aliphatic carbocycles. The number of aromatic nitrogens is 3. The minimum Gasteiger partial charge on any atom is -0.357 e. The number of fused-ring (bicyclic) bond motifs is 1.